The van der Waals surface area contributed by atoms with Gasteiger partial charge in [-0.2, -0.15) is 5.26 Å². The van der Waals surface area contributed by atoms with Crippen LogP contribution in [0.1, 0.15) is 36.1 Å². The van der Waals surface area contributed by atoms with E-state index < -0.39 is 5.41 Å². The Balaban J connectivity index is 2.69. The lowest BCUT2D eigenvalue weighted by molar-refractivity contribution is 0.463. The second kappa shape index (κ2) is 5.51. The van der Waals surface area contributed by atoms with E-state index in [0.717, 1.165) is 11.1 Å². The van der Waals surface area contributed by atoms with Crippen molar-refractivity contribution in [2.75, 3.05) is 0 Å². The fourth-order valence-corrected chi connectivity index (χ4v) is 2.80. The molecule has 1 atom stereocenters. The summed E-state index contributed by atoms with van der Waals surface area (Å²) in [7, 11) is 0. The zero-order chi connectivity index (χ0) is 14.8. The van der Waals surface area contributed by atoms with Gasteiger partial charge in [0.25, 0.3) is 0 Å². The molecule has 0 saturated heterocycles. The number of benzene rings is 2. The van der Waals surface area contributed by atoms with Crippen molar-refractivity contribution in [3.8, 4) is 6.07 Å². The van der Waals surface area contributed by atoms with Gasteiger partial charge in [0.1, 0.15) is 5.41 Å². The third-order valence-electron chi connectivity index (χ3n) is 4.02. The van der Waals surface area contributed by atoms with Crippen LogP contribution in [0.3, 0.4) is 0 Å². The zero-order valence-corrected chi connectivity index (χ0v) is 12.6. The average molecular weight is 263 g/mol. The van der Waals surface area contributed by atoms with Crippen molar-refractivity contribution >= 4 is 0 Å². The molecule has 0 saturated carbocycles. The first-order valence-electron chi connectivity index (χ1n) is 7.06. The van der Waals surface area contributed by atoms with Gasteiger partial charge in [-0.3, -0.25) is 0 Å². The van der Waals surface area contributed by atoms with Gasteiger partial charge >= 0.3 is 0 Å². The number of nitrogens with zero attached hydrogens (tertiary/aromatic N) is 1. The molecule has 0 fully saturated rings. The highest BCUT2D eigenvalue weighted by Gasteiger charge is 2.37. The highest BCUT2D eigenvalue weighted by molar-refractivity contribution is 5.48. The minimum Gasteiger partial charge on any atom is -0.197 e. The summed E-state index contributed by atoms with van der Waals surface area (Å²) in [6.45, 7) is 8.37. The number of aryl methyl sites for hydroxylation is 2. The van der Waals surface area contributed by atoms with Gasteiger partial charge in [0.05, 0.1) is 6.07 Å². The second-order valence-corrected chi connectivity index (χ2v) is 5.81. The molecule has 0 aliphatic rings. The van der Waals surface area contributed by atoms with Crippen molar-refractivity contribution in [1.29, 1.82) is 5.26 Å². The largest absolute Gasteiger partial charge is 0.197 e. The highest BCUT2D eigenvalue weighted by Crippen LogP contribution is 2.39. The molecular formula is C19H21N. The molecule has 20 heavy (non-hydrogen) atoms. The summed E-state index contributed by atoms with van der Waals surface area (Å²) < 4.78 is 0. The van der Waals surface area contributed by atoms with Crippen molar-refractivity contribution in [3.63, 3.8) is 0 Å². The first-order valence-corrected chi connectivity index (χ1v) is 7.06. The van der Waals surface area contributed by atoms with E-state index in [2.05, 4.69) is 76.2 Å². The normalized spacial score (nSPS) is 13.8. The van der Waals surface area contributed by atoms with Crippen LogP contribution < -0.4 is 0 Å². The van der Waals surface area contributed by atoms with Gasteiger partial charge in [-0.15, -0.1) is 0 Å². The predicted octanol–water partition coefficient (Wildman–Crippen LogP) is 4.77. The summed E-state index contributed by atoms with van der Waals surface area (Å²) in [4.78, 5) is 0. The van der Waals surface area contributed by atoms with Crippen LogP contribution in [0.4, 0.5) is 0 Å². The van der Waals surface area contributed by atoms with Crippen LogP contribution >= 0.6 is 0 Å². The van der Waals surface area contributed by atoms with E-state index in [9.17, 15) is 5.26 Å². The lowest BCUT2D eigenvalue weighted by Crippen LogP contribution is -2.32. The van der Waals surface area contributed by atoms with Crippen LogP contribution in [0.5, 0.6) is 0 Å². The zero-order valence-electron chi connectivity index (χ0n) is 12.6. The molecule has 2 aromatic rings. The highest BCUT2D eigenvalue weighted by atomic mass is 14.4. The molecule has 2 rings (SSSR count). The van der Waals surface area contributed by atoms with E-state index in [1.807, 2.05) is 6.07 Å². The fraction of sp³-hybridized carbons (Fsp3) is 0.316. The average Bonchev–Trinajstić information content (AvgIpc) is 2.42. The van der Waals surface area contributed by atoms with E-state index in [0.29, 0.717) is 0 Å². The summed E-state index contributed by atoms with van der Waals surface area (Å²) in [6.07, 6.45) is 0. The minimum atomic E-state index is -0.584. The molecule has 0 aliphatic heterocycles. The lowest BCUT2D eigenvalue weighted by Gasteiger charge is -2.32. The summed E-state index contributed by atoms with van der Waals surface area (Å²) in [5.41, 5.74) is 3.98. The Kier molecular flexibility index (Phi) is 3.95. The topological polar surface area (TPSA) is 23.8 Å². The van der Waals surface area contributed by atoms with Gasteiger partial charge in [-0.1, -0.05) is 73.5 Å². The first kappa shape index (κ1) is 14.3. The number of hydrogen-bond acceptors (Lipinski definition) is 1. The Morgan fingerprint density at radius 2 is 1.55 bits per heavy atom. The van der Waals surface area contributed by atoms with Crippen LogP contribution in [0.2, 0.25) is 0 Å². The Labute approximate surface area is 121 Å². The Bertz CT molecular complexity index is 632. The fourth-order valence-electron chi connectivity index (χ4n) is 2.80. The molecule has 0 bridgehead atoms. The van der Waals surface area contributed by atoms with Crippen LogP contribution in [0.15, 0.2) is 48.5 Å². The van der Waals surface area contributed by atoms with E-state index in [1.165, 1.54) is 11.1 Å². The molecule has 0 N–H and O–H groups in total. The number of nitriles is 1. The van der Waals surface area contributed by atoms with Crippen LogP contribution in [0, 0.1) is 31.1 Å². The summed E-state index contributed by atoms with van der Waals surface area (Å²) in [6, 6.07) is 19.2. The van der Waals surface area contributed by atoms with Crippen LogP contribution in [-0.2, 0) is 5.41 Å². The molecule has 0 radical (unpaired) electrons. The molecule has 102 valence electrons. The van der Waals surface area contributed by atoms with E-state index in [1.54, 1.807) is 0 Å². The minimum absolute atomic E-state index is 0.206. The van der Waals surface area contributed by atoms with Crippen molar-refractivity contribution in [2.24, 2.45) is 5.92 Å². The van der Waals surface area contributed by atoms with Crippen molar-refractivity contribution in [2.45, 2.75) is 33.1 Å². The molecule has 0 heterocycles. The monoisotopic (exact) mass is 263 g/mol. The molecule has 0 aromatic heterocycles. The lowest BCUT2D eigenvalue weighted by atomic mass is 9.68. The van der Waals surface area contributed by atoms with Crippen LogP contribution in [0.25, 0.3) is 0 Å². The van der Waals surface area contributed by atoms with Crippen molar-refractivity contribution in [1.82, 2.24) is 0 Å². The molecule has 0 aliphatic carbocycles. The van der Waals surface area contributed by atoms with Gasteiger partial charge in [-0.25, -0.2) is 0 Å². The maximum atomic E-state index is 9.96. The standard InChI is InChI=1S/C19H21N/c1-14(2)19(13-20,17-10-8-15(3)9-11-17)18-7-5-6-16(4)12-18/h5-12,14H,1-4H3/t19-/m0/s1. The molecule has 0 amide bonds. The maximum absolute atomic E-state index is 9.96. The molecule has 0 unspecified atom stereocenters. The predicted molar refractivity (Wildman–Crippen MR) is 83.6 cm³/mol. The van der Waals surface area contributed by atoms with Crippen molar-refractivity contribution < 1.29 is 0 Å². The molecule has 0 spiro atoms. The van der Waals surface area contributed by atoms with E-state index >= 15 is 0 Å². The number of rotatable bonds is 3. The number of hydrogen-bond donors (Lipinski definition) is 0. The molecule has 1 heteroatoms. The van der Waals surface area contributed by atoms with E-state index in [-0.39, 0.29) is 5.92 Å². The molecule has 1 nitrogen and oxygen atoms in total. The SMILES string of the molecule is Cc1ccc([C@@](C#N)(c2cccc(C)c2)C(C)C)cc1. The third-order valence-corrected chi connectivity index (χ3v) is 4.02. The summed E-state index contributed by atoms with van der Waals surface area (Å²) in [5, 5.41) is 9.96. The first-order chi connectivity index (χ1) is 9.50. The maximum Gasteiger partial charge on any atom is 0.109 e. The van der Waals surface area contributed by atoms with Crippen LogP contribution in [-0.4, -0.2) is 0 Å². The van der Waals surface area contributed by atoms with Crippen molar-refractivity contribution in [3.05, 3.63) is 70.8 Å². The quantitative estimate of drug-likeness (QED) is 0.782. The van der Waals surface area contributed by atoms with Gasteiger partial charge in [0.15, 0.2) is 0 Å². The van der Waals surface area contributed by atoms with Gasteiger partial charge < -0.3 is 0 Å². The molecule has 2 aromatic carbocycles. The Morgan fingerprint density at radius 1 is 0.900 bits per heavy atom. The van der Waals surface area contributed by atoms with Gasteiger partial charge in [-0.05, 0) is 30.9 Å². The van der Waals surface area contributed by atoms with Gasteiger partial charge in [0, 0.05) is 0 Å². The Hall–Kier alpha value is -2.07. The summed E-state index contributed by atoms with van der Waals surface area (Å²) in [5.74, 6) is 0.206. The smallest absolute Gasteiger partial charge is 0.109 e. The summed E-state index contributed by atoms with van der Waals surface area (Å²) >= 11 is 0. The third kappa shape index (κ3) is 2.34. The molecular weight excluding hydrogens is 242 g/mol. The van der Waals surface area contributed by atoms with Gasteiger partial charge in [0.2, 0.25) is 0 Å². The Morgan fingerprint density at radius 3 is 2.05 bits per heavy atom. The van der Waals surface area contributed by atoms with E-state index in [4.69, 9.17) is 0 Å². The second-order valence-electron chi connectivity index (χ2n) is 5.81.